The first-order chi connectivity index (χ1) is 6.86. The molecule has 0 radical (unpaired) electrons. The molecule has 0 aromatic rings. The Morgan fingerprint density at radius 3 is 2.64 bits per heavy atom. The first kappa shape index (κ1) is 10.4. The van der Waals surface area contributed by atoms with Gasteiger partial charge in [0.25, 0.3) is 0 Å². The van der Waals surface area contributed by atoms with Crippen LogP contribution >= 0.6 is 0 Å². The molecule has 2 aliphatic rings. The third kappa shape index (κ3) is 1.81. The first-order valence-corrected chi connectivity index (χ1v) is 5.85. The van der Waals surface area contributed by atoms with Crippen molar-refractivity contribution < 1.29 is 4.74 Å². The molecule has 0 amide bonds. The molecule has 1 saturated heterocycles. The number of nitrogens with zero attached hydrogens (tertiary/aromatic N) is 1. The van der Waals surface area contributed by atoms with Crippen molar-refractivity contribution in [1.29, 1.82) is 0 Å². The van der Waals surface area contributed by atoms with Gasteiger partial charge < -0.3 is 10.5 Å². The lowest BCUT2D eigenvalue weighted by atomic mass is 9.87. The van der Waals surface area contributed by atoms with E-state index in [-0.39, 0.29) is 0 Å². The number of hydrogen-bond acceptors (Lipinski definition) is 3. The number of hydrogen-bond donors (Lipinski definition) is 1. The van der Waals surface area contributed by atoms with Crippen LogP contribution in [-0.2, 0) is 4.74 Å². The summed E-state index contributed by atoms with van der Waals surface area (Å²) in [5.41, 5.74) is 5.74. The molecular weight excluding hydrogens is 176 g/mol. The summed E-state index contributed by atoms with van der Waals surface area (Å²) in [5.74, 6) is 0. The van der Waals surface area contributed by atoms with E-state index < -0.39 is 0 Å². The predicted octanol–water partition coefficient (Wildman–Crippen LogP) is 0.977. The smallest absolute Gasteiger partial charge is 0.0726 e. The molecule has 14 heavy (non-hydrogen) atoms. The van der Waals surface area contributed by atoms with E-state index in [1.807, 2.05) is 7.11 Å². The van der Waals surface area contributed by atoms with Crippen molar-refractivity contribution in [2.24, 2.45) is 5.73 Å². The summed E-state index contributed by atoms with van der Waals surface area (Å²) in [6, 6.07) is 1.28. The Kier molecular flexibility index (Phi) is 3.42. The molecule has 0 bridgehead atoms. The van der Waals surface area contributed by atoms with Crippen LogP contribution < -0.4 is 5.73 Å². The van der Waals surface area contributed by atoms with Gasteiger partial charge in [-0.2, -0.15) is 0 Å². The minimum absolute atomic E-state index is 0.457. The molecule has 1 aliphatic heterocycles. The summed E-state index contributed by atoms with van der Waals surface area (Å²) < 4.78 is 5.57. The van der Waals surface area contributed by atoms with Crippen molar-refractivity contribution in [2.75, 3.05) is 20.2 Å². The van der Waals surface area contributed by atoms with E-state index in [0.717, 1.165) is 6.54 Å². The number of likely N-dealkylation sites (tertiary alicyclic amines) is 1. The van der Waals surface area contributed by atoms with Crippen molar-refractivity contribution >= 4 is 0 Å². The maximum absolute atomic E-state index is 5.74. The van der Waals surface area contributed by atoms with Crippen LogP contribution in [0.4, 0.5) is 0 Å². The second-order valence-corrected chi connectivity index (χ2v) is 4.54. The highest BCUT2D eigenvalue weighted by atomic mass is 16.5. The monoisotopic (exact) mass is 198 g/mol. The molecular formula is C11H22N2O. The SMILES string of the molecule is COC1CCCCC1N1CCC1CN. The van der Waals surface area contributed by atoms with E-state index in [1.54, 1.807) is 0 Å². The minimum Gasteiger partial charge on any atom is -0.380 e. The average molecular weight is 198 g/mol. The molecule has 3 heteroatoms. The van der Waals surface area contributed by atoms with Gasteiger partial charge in [0.05, 0.1) is 6.10 Å². The minimum atomic E-state index is 0.457. The van der Waals surface area contributed by atoms with Gasteiger partial charge in [-0.15, -0.1) is 0 Å². The maximum Gasteiger partial charge on any atom is 0.0726 e. The molecule has 2 rings (SSSR count). The van der Waals surface area contributed by atoms with Crippen molar-refractivity contribution in [3.63, 3.8) is 0 Å². The fraction of sp³-hybridized carbons (Fsp3) is 1.00. The van der Waals surface area contributed by atoms with Crippen molar-refractivity contribution in [2.45, 2.75) is 50.3 Å². The standard InChI is InChI=1S/C11H22N2O/c1-14-11-5-3-2-4-10(11)13-7-6-9(13)8-12/h9-11H,2-8,12H2,1H3. The van der Waals surface area contributed by atoms with E-state index in [4.69, 9.17) is 10.5 Å². The lowest BCUT2D eigenvalue weighted by Gasteiger charge is -2.49. The molecule has 3 nitrogen and oxygen atoms in total. The topological polar surface area (TPSA) is 38.5 Å². The molecule has 3 unspecified atom stereocenters. The number of methoxy groups -OCH3 is 1. The Morgan fingerprint density at radius 1 is 1.29 bits per heavy atom. The lowest BCUT2D eigenvalue weighted by Crippen LogP contribution is -2.60. The Bertz CT molecular complexity index is 184. The fourth-order valence-electron chi connectivity index (χ4n) is 2.88. The molecule has 1 aliphatic carbocycles. The quantitative estimate of drug-likeness (QED) is 0.734. The third-order valence-electron chi connectivity index (χ3n) is 3.86. The average Bonchev–Trinajstić information content (AvgIpc) is 2.18. The van der Waals surface area contributed by atoms with E-state index in [0.29, 0.717) is 18.2 Å². The van der Waals surface area contributed by atoms with Gasteiger partial charge >= 0.3 is 0 Å². The predicted molar refractivity (Wildman–Crippen MR) is 57.2 cm³/mol. The normalized spacial score (nSPS) is 39.4. The zero-order valence-electron chi connectivity index (χ0n) is 9.11. The molecule has 2 fully saturated rings. The number of ether oxygens (including phenoxy) is 1. The van der Waals surface area contributed by atoms with Crippen LogP contribution in [0.15, 0.2) is 0 Å². The van der Waals surface area contributed by atoms with Gasteiger partial charge in [0, 0.05) is 32.3 Å². The van der Waals surface area contributed by atoms with Crippen LogP contribution in [-0.4, -0.2) is 43.3 Å². The second kappa shape index (κ2) is 4.60. The fourth-order valence-corrected chi connectivity index (χ4v) is 2.88. The summed E-state index contributed by atoms with van der Waals surface area (Å²) in [5, 5.41) is 0. The highest BCUT2D eigenvalue weighted by molar-refractivity contribution is 4.93. The molecule has 1 heterocycles. The Hall–Kier alpha value is -0.120. The van der Waals surface area contributed by atoms with Crippen LogP contribution in [0.1, 0.15) is 32.1 Å². The van der Waals surface area contributed by atoms with Gasteiger partial charge in [-0.05, 0) is 19.3 Å². The third-order valence-corrected chi connectivity index (χ3v) is 3.86. The molecule has 3 atom stereocenters. The van der Waals surface area contributed by atoms with Crippen LogP contribution in [0, 0.1) is 0 Å². The van der Waals surface area contributed by atoms with Gasteiger partial charge in [-0.3, -0.25) is 4.90 Å². The summed E-state index contributed by atoms with van der Waals surface area (Å²) >= 11 is 0. The van der Waals surface area contributed by atoms with Gasteiger partial charge in [-0.25, -0.2) is 0 Å². The Morgan fingerprint density at radius 2 is 2.07 bits per heavy atom. The Balaban J connectivity index is 1.93. The second-order valence-electron chi connectivity index (χ2n) is 4.54. The van der Waals surface area contributed by atoms with Gasteiger partial charge in [0.15, 0.2) is 0 Å². The van der Waals surface area contributed by atoms with Crippen LogP contribution in [0.25, 0.3) is 0 Å². The van der Waals surface area contributed by atoms with Crippen LogP contribution in [0.3, 0.4) is 0 Å². The summed E-state index contributed by atoms with van der Waals surface area (Å²) in [4.78, 5) is 2.56. The molecule has 0 aromatic carbocycles. The lowest BCUT2D eigenvalue weighted by molar-refractivity contribution is -0.0589. The molecule has 0 spiro atoms. The van der Waals surface area contributed by atoms with Gasteiger partial charge in [0.1, 0.15) is 0 Å². The zero-order valence-corrected chi connectivity index (χ0v) is 9.11. The molecule has 1 saturated carbocycles. The highest BCUT2D eigenvalue weighted by Gasteiger charge is 2.38. The van der Waals surface area contributed by atoms with Gasteiger partial charge in [-0.1, -0.05) is 12.8 Å². The summed E-state index contributed by atoms with van der Waals surface area (Å²) in [6.45, 7) is 2.04. The molecule has 2 N–H and O–H groups in total. The van der Waals surface area contributed by atoms with E-state index in [2.05, 4.69) is 4.90 Å². The highest BCUT2D eigenvalue weighted by Crippen LogP contribution is 2.31. The van der Waals surface area contributed by atoms with Crippen molar-refractivity contribution in [3.05, 3.63) is 0 Å². The van der Waals surface area contributed by atoms with Crippen molar-refractivity contribution in [3.8, 4) is 0 Å². The van der Waals surface area contributed by atoms with E-state index in [1.165, 1.54) is 38.6 Å². The summed E-state index contributed by atoms with van der Waals surface area (Å²) in [6.07, 6.45) is 6.96. The zero-order chi connectivity index (χ0) is 9.97. The van der Waals surface area contributed by atoms with Crippen LogP contribution in [0.2, 0.25) is 0 Å². The molecule has 82 valence electrons. The molecule has 0 aromatic heterocycles. The number of rotatable bonds is 3. The maximum atomic E-state index is 5.74. The number of nitrogens with two attached hydrogens (primary N) is 1. The largest absolute Gasteiger partial charge is 0.380 e. The van der Waals surface area contributed by atoms with Crippen LogP contribution in [0.5, 0.6) is 0 Å². The van der Waals surface area contributed by atoms with Gasteiger partial charge in [0.2, 0.25) is 0 Å². The van der Waals surface area contributed by atoms with E-state index in [9.17, 15) is 0 Å². The Labute approximate surface area is 86.6 Å². The van der Waals surface area contributed by atoms with Crippen molar-refractivity contribution in [1.82, 2.24) is 4.90 Å². The first-order valence-electron chi connectivity index (χ1n) is 5.85. The van der Waals surface area contributed by atoms with E-state index >= 15 is 0 Å². The summed E-state index contributed by atoms with van der Waals surface area (Å²) in [7, 11) is 1.85.